The average Bonchev–Trinajstić information content (AvgIpc) is 3.32. The minimum absolute atomic E-state index is 0.0869. The van der Waals surface area contributed by atoms with Crippen LogP contribution in [0, 0.1) is 13.8 Å². The predicted octanol–water partition coefficient (Wildman–Crippen LogP) is 6.57. The fraction of sp³-hybridized carbons (Fsp3) is 0.417. The van der Waals surface area contributed by atoms with Crippen molar-refractivity contribution < 1.29 is 23.9 Å². The Balaban J connectivity index is 1.73. The molecule has 2 aromatic carbocycles. The van der Waals surface area contributed by atoms with Crippen LogP contribution in [0.1, 0.15) is 80.1 Å². The van der Waals surface area contributed by atoms with E-state index in [0.717, 1.165) is 30.7 Å². The highest BCUT2D eigenvalue weighted by atomic mass is 16.5. The molecule has 0 saturated heterocycles. The Kier molecular flexibility index (Phi) is 12.4. The number of hydrogen-bond acceptors (Lipinski definition) is 5. The number of amides is 1. The van der Waals surface area contributed by atoms with E-state index >= 15 is 0 Å². The van der Waals surface area contributed by atoms with E-state index in [1.165, 1.54) is 36.1 Å². The number of esters is 2. The van der Waals surface area contributed by atoms with Crippen molar-refractivity contribution in [3.8, 4) is 0 Å². The van der Waals surface area contributed by atoms with Gasteiger partial charge in [-0.3, -0.25) is 14.4 Å². The van der Waals surface area contributed by atoms with Crippen molar-refractivity contribution in [2.24, 2.45) is 7.05 Å². The molecule has 0 fully saturated rings. The van der Waals surface area contributed by atoms with Gasteiger partial charge in [0.1, 0.15) is 6.61 Å². The number of rotatable bonds is 15. The Morgan fingerprint density at radius 2 is 1.47 bits per heavy atom. The molecule has 1 amide bonds. The highest BCUT2D eigenvalue weighted by molar-refractivity contribution is 5.77. The molecule has 1 aromatic heterocycles. The second-order valence-electron chi connectivity index (χ2n) is 11.7. The molecule has 0 spiro atoms. The van der Waals surface area contributed by atoms with Gasteiger partial charge in [-0.15, -0.1) is 0 Å². The van der Waals surface area contributed by atoms with Gasteiger partial charge in [0.25, 0.3) is 0 Å². The Morgan fingerprint density at radius 1 is 0.860 bits per heavy atom. The van der Waals surface area contributed by atoms with E-state index in [4.69, 9.17) is 9.47 Å². The molecule has 0 aliphatic heterocycles. The lowest BCUT2D eigenvalue weighted by atomic mass is 9.95. The maximum Gasteiger partial charge on any atom is 0.311 e. The summed E-state index contributed by atoms with van der Waals surface area (Å²) < 4.78 is 13.3. The van der Waals surface area contributed by atoms with Crippen LogP contribution in [-0.4, -0.2) is 34.6 Å². The number of hydrogen-bond donors (Lipinski definition) is 1. The number of allylic oxidation sites excluding steroid dienone is 1. The first kappa shape index (κ1) is 33.4. The second-order valence-corrected chi connectivity index (χ2v) is 11.7. The van der Waals surface area contributed by atoms with Gasteiger partial charge in [-0.1, -0.05) is 59.7 Å². The molecule has 0 aliphatic carbocycles. The molecular formula is C36H46N2O5. The van der Waals surface area contributed by atoms with Gasteiger partial charge in [-0.2, -0.15) is 0 Å². The number of benzene rings is 2. The smallest absolute Gasteiger partial charge is 0.311 e. The van der Waals surface area contributed by atoms with E-state index in [0.29, 0.717) is 31.4 Å². The molecule has 7 nitrogen and oxygen atoms in total. The third kappa shape index (κ3) is 11.2. The zero-order valence-electron chi connectivity index (χ0n) is 26.5. The molecule has 0 saturated carbocycles. The van der Waals surface area contributed by atoms with E-state index in [-0.39, 0.29) is 24.5 Å². The molecular weight excluding hydrogens is 540 g/mol. The lowest BCUT2D eigenvalue weighted by molar-refractivity contribution is -0.144. The second kappa shape index (κ2) is 15.9. The summed E-state index contributed by atoms with van der Waals surface area (Å²) in [7, 11) is 1.95. The van der Waals surface area contributed by atoms with Crippen LogP contribution in [0.15, 0.2) is 66.7 Å². The standard InChI is InChI=1S/C36H46N2O5/c1-26-13-17-30(18-14-26)9-7-11-34(43-35(41)12-8-10-31-19-15-27(2)16-20-31)33-22-21-32(38(33)6)23-24-36(5,37-28(3)39)25-42-29(4)40/h11,13-22H,7-10,12,23-25H2,1-6H3,(H,37,39)/b34-11-/t36-/m1/s1. The number of aromatic nitrogens is 1. The molecule has 0 unspecified atom stereocenters. The molecule has 3 rings (SSSR count). The Hall–Kier alpha value is -4.13. The van der Waals surface area contributed by atoms with Gasteiger partial charge in [0, 0.05) is 33.0 Å². The summed E-state index contributed by atoms with van der Waals surface area (Å²) in [5, 5.41) is 2.93. The van der Waals surface area contributed by atoms with Crippen molar-refractivity contribution in [1.29, 1.82) is 0 Å². The molecule has 43 heavy (non-hydrogen) atoms. The Labute approximate surface area is 256 Å². The van der Waals surface area contributed by atoms with Crippen LogP contribution in [0.25, 0.3) is 5.76 Å². The first-order chi connectivity index (χ1) is 20.4. The van der Waals surface area contributed by atoms with Gasteiger partial charge in [0.15, 0.2) is 5.76 Å². The van der Waals surface area contributed by atoms with Crippen LogP contribution in [0.4, 0.5) is 0 Å². The van der Waals surface area contributed by atoms with Crippen molar-refractivity contribution in [3.05, 3.63) is 100 Å². The summed E-state index contributed by atoms with van der Waals surface area (Å²) in [4.78, 5) is 36.3. The fourth-order valence-corrected chi connectivity index (χ4v) is 5.00. The summed E-state index contributed by atoms with van der Waals surface area (Å²) in [6.45, 7) is 8.90. The Bertz CT molecular complexity index is 1400. The maximum absolute atomic E-state index is 13.0. The minimum atomic E-state index is -0.710. The van der Waals surface area contributed by atoms with E-state index in [9.17, 15) is 14.4 Å². The third-order valence-electron chi connectivity index (χ3n) is 7.56. The topological polar surface area (TPSA) is 86.6 Å². The van der Waals surface area contributed by atoms with Crippen molar-refractivity contribution in [2.75, 3.05) is 6.61 Å². The van der Waals surface area contributed by atoms with Crippen LogP contribution in [0.3, 0.4) is 0 Å². The predicted molar refractivity (Wildman–Crippen MR) is 170 cm³/mol. The van der Waals surface area contributed by atoms with Crippen LogP contribution in [0.5, 0.6) is 0 Å². The molecule has 1 heterocycles. The first-order valence-corrected chi connectivity index (χ1v) is 15.0. The Morgan fingerprint density at radius 3 is 2.05 bits per heavy atom. The summed E-state index contributed by atoms with van der Waals surface area (Å²) in [5.74, 6) is -0.282. The molecule has 1 atom stereocenters. The van der Waals surface area contributed by atoms with E-state index in [1.54, 1.807) is 0 Å². The van der Waals surface area contributed by atoms with Gasteiger partial charge in [0.05, 0.1) is 11.2 Å². The molecule has 3 aromatic rings. The molecule has 0 radical (unpaired) electrons. The lowest BCUT2D eigenvalue weighted by Crippen LogP contribution is -2.49. The number of nitrogens with zero attached hydrogens (tertiary/aromatic N) is 1. The molecule has 230 valence electrons. The molecule has 7 heteroatoms. The SMILES string of the molecule is CC(=O)N[C@](C)(CCc1ccc(/C(=C/CCc2ccc(C)cc2)OC(=O)CCCc2ccc(C)cc2)n1C)COC(C)=O. The monoisotopic (exact) mass is 586 g/mol. The summed E-state index contributed by atoms with van der Waals surface area (Å²) >= 11 is 0. The summed E-state index contributed by atoms with van der Waals surface area (Å²) in [5.41, 5.74) is 5.98. The fourth-order valence-electron chi connectivity index (χ4n) is 5.00. The van der Waals surface area contributed by atoms with Crippen molar-refractivity contribution in [2.45, 2.75) is 85.1 Å². The maximum atomic E-state index is 13.0. The van der Waals surface area contributed by atoms with E-state index < -0.39 is 5.54 Å². The molecule has 0 aliphatic rings. The van der Waals surface area contributed by atoms with Crippen LogP contribution < -0.4 is 5.32 Å². The average molecular weight is 587 g/mol. The zero-order chi connectivity index (χ0) is 31.4. The molecule has 1 N–H and O–H groups in total. The van der Waals surface area contributed by atoms with E-state index in [2.05, 4.69) is 67.7 Å². The lowest BCUT2D eigenvalue weighted by Gasteiger charge is -2.30. The van der Waals surface area contributed by atoms with Crippen LogP contribution in [0.2, 0.25) is 0 Å². The molecule has 0 bridgehead atoms. The van der Waals surface area contributed by atoms with Gasteiger partial charge in [-0.05, 0) is 88.6 Å². The number of nitrogens with one attached hydrogen (secondary N) is 1. The number of carbonyl (C=O) groups excluding carboxylic acids is 3. The minimum Gasteiger partial charge on any atom is -0.463 e. The highest BCUT2D eigenvalue weighted by Crippen LogP contribution is 2.24. The van der Waals surface area contributed by atoms with Crippen molar-refractivity contribution in [1.82, 2.24) is 9.88 Å². The highest BCUT2D eigenvalue weighted by Gasteiger charge is 2.27. The first-order valence-electron chi connectivity index (χ1n) is 15.0. The van der Waals surface area contributed by atoms with Crippen molar-refractivity contribution in [3.63, 3.8) is 0 Å². The normalized spacial score (nSPS) is 12.8. The summed E-state index contributed by atoms with van der Waals surface area (Å²) in [6.07, 6.45) is 6.58. The van der Waals surface area contributed by atoms with Crippen LogP contribution in [-0.2, 0) is 50.2 Å². The van der Waals surface area contributed by atoms with Gasteiger partial charge < -0.3 is 19.4 Å². The number of aryl methyl sites for hydroxylation is 5. The number of ether oxygens (including phenoxy) is 2. The van der Waals surface area contributed by atoms with Crippen molar-refractivity contribution >= 4 is 23.6 Å². The van der Waals surface area contributed by atoms with Gasteiger partial charge >= 0.3 is 11.9 Å². The van der Waals surface area contributed by atoms with Crippen LogP contribution >= 0.6 is 0 Å². The third-order valence-corrected chi connectivity index (χ3v) is 7.56. The number of carbonyl (C=O) groups is 3. The quantitative estimate of drug-likeness (QED) is 0.161. The van der Waals surface area contributed by atoms with Gasteiger partial charge in [0.2, 0.25) is 5.91 Å². The summed E-state index contributed by atoms with van der Waals surface area (Å²) in [6, 6.07) is 20.8. The largest absolute Gasteiger partial charge is 0.463 e. The van der Waals surface area contributed by atoms with E-state index in [1.807, 2.05) is 36.7 Å². The zero-order valence-corrected chi connectivity index (χ0v) is 26.5. The van der Waals surface area contributed by atoms with Gasteiger partial charge in [-0.25, -0.2) is 0 Å².